The van der Waals surface area contributed by atoms with Gasteiger partial charge in [0.15, 0.2) is 11.0 Å². The molecular weight excluding hydrogens is 418 g/mol. The summed E-state index contributed by atoms with van der Waals surface area (Å²) in [6.45, 7) is 5.27. The topological polar surface area (TPSA) is 110 Å². The minimum Gasteiger partial charge on any atom is -0.465 e. The number of amides is 1. The lowest BCUT2D eigenvalue weighted by molar-refractivity contribution is 0.0382. The van der Waals surface area contributed by atoms with Crippen molar-refractivity contribution in [3.63, 3.8) is 0 Å². The predicted octanol–water partition coefficient (Wildman–Crippen LogP) is 3.73. The highest BCUT2D eigenvalue weighted by Crippen LogP contribution is 2.45. The summed E-state index contributed by atoms with van der Waals surface area (Å²) in [4.78, 5) is 25.8. The first kappa shape index (κ1) is 21.8. The van der Waals surface area contributed by atoms with E-state index in [1.807, 2.05) is 0 Å². The molecular formula is C16H22ClNO7S2. The highest BCUT2D eigenvalue weighted by Gasteiger charge is 2.35. The summed E-state index contributed by atoms with van der Waals surface area (Å²) in [5, 5.41) is 8.74. The van der Waals surface area contributed by atoms with Gasteiger partial charge in [0, 0.05) is 12.1 Å². The molecule has 0 aromatic carbocycles. The Morgan fingerprint density at radius 3 is 2.59 bits per heavy atom. The van der Waals surface area contributed by atoms with Crippen molar-refractivity contribution >= 4 is 45.1 Å². The van der Waals surface area contributed by atoms with Gasteiger partial charge in [-0.05, 0) is 40.0 Å². The van der Waals surface area contributed by atoms with Crippen molar-refractivity contribution in [1.29, 1.82) is 0 Å². The number of rotatable bonds is 6. The first-order chi connectivity index (χ1) is 12.6. The van der Waals surface area contributed by atoms with E-state index >= 15 is 0 Å². The van der Waals surface area contributed by atoms with Crippen LogP contribution in [-0.2, 0) is 14.9 Å². The summed E-state index contributed by atoms with van der Waals surface area (Å²) in [5.74, 6) is -0.640. The highest BCUT2D eigenvalue weighted by molar-refractivity contribution is 7.88. The predicted molar refractivity (Wildman–Crippen MR) is 101 cm³/mol. The number of carbonyl (C=O) groups is 2. The van der Waals surface area contributed by atoms with Crippen molar-refractivity contribution in [3.05, 3.63) is 15.3 Å². The maximum absolute atomic E-state index is 12.4. The van der Waals surface area contributed by atoms with Gasteiger partial charge >= 0.3 is 22.2 Å². The Morgan fingerprint density at radius 2 is 2.04 bits per heavy atom. The molecule has 1 aliphatic rings. The Labute approximate surface area is 167 Å². The molecule has 0 saturated carbocycles. The quantitative estimate of drug-likeness (QED) is 0.408. The fraction of sp³-hybridized carbons (Fsp3) is 0.625. The lowest BCUT2D eigenvalue weighted by atomic mass is 10.0. The average molecular weight is 440 g/mol. The van der Waals surface area contributed by atoms with Crippen molar-refractivity contribution < 1.29 is 32.0 Å². The third-order valence-electron chi connectivity index (χ3n) is 4.04. The Kier molecular flexibility index (Phi) is 6.98. The van der Waals surface area contributed by atoms with Crippen LogP contribution >= 0.6 is 22.9 Å². The van der Waals surface area contributed by atoms with E-state index in [1.54, 1.807) is 20.8 Å². The van der Waals surface area contributed by atoms with E-state index in [0.29, 0.717) is 29.8 Å². The zero-order valence-corrected chi connectivity index (χ0v) is 17.6. The van der Waals surface area contributed by atoms with Crippen molar-refractivity contribution in [2.75, 3.05) is 11.8 Å². The molecule has 1 saturated heterocycles. The van der Waals surface area contributed by atoms with Gasteiger partial charge in [0.25, 0.3) is 0 Å². The lowest BCUT2D eigenvalue weighted by Gasteiger charge is -2.33. The van der Waals surface area contributed by atoms with E-state index in [9.17, 15) is 23.1 Å². The van der Waals surface area contributed by atoms with Crippen LogP contribution in [0, 0.1) is 6.92 Å². The van der Waals surface area contributed by atoms with E-state index in [-0.39, 0.29) is 16.7 Å². The Balaban J connectivity index is 2.56. The highest BCUT2D eigenvalue weighted by atomic mass is 35.5. The molecule has 152 valence electrons. The molecule has 1 aromatic rings. The van der Waals surface area contributed by atoms with Crippen LogP contribution < -0.4 is 4.18 Å². The maximum atomic E-state index is 12.4. The molecule has 1 aromatic heterocycles. The lowest BCUT2D eigenvalue weighted by Crippen LogP contribution is -2.37. The van der Waals surface area contributed by atoms with Gasteiger partial charge < -0.3 is 18.9 Å². The molecule has 0 radical (unpaired) electrons. The molecule has 2 rings (SSSR count). The molecule has 1 aliphatic heterocycles. The molecule has 8 nitrogen and oxygen atoms in total. The summed E-state index contributed by atoms with van der Waals surface area (Å²) >= 11 is 6.45. The number of nitrogens with zero attached hydrogens (tertiary/aromatic N) is 1. The Bertz CT molecular complexity index is 819. The Hall–Kier alpha value is -1.52. The molecule has 0 spiro atoms. The largest absolute Gasteiger partial charge is 0.465 e. The molecule has 2 heterocycles. The monoisotopic (exact) mass is 439 g/mol. The van der Waals surface area contributed by atoms with Crippen LogP contribution in [-0.4, -0.2) is 48.3 Å². The number of hydrogen-bond acceptors (Lipinski definition) is 7. The van der Waals surface area contributed by atoms with Gasteiger partial charge in [-0.25, -0.2) is 9.59 Å². The standard InChI is InChI=1S/C16H22ClNO7S2/c1-9(2)24-15(19)13-10(3)12(25-27(22,23)8-17)14(26-13)11-6-4-5-7-18(11)16(20)21/h9,11H,4-8H2,1-3H3,(H,20,21). The average Bonchev–Trinajstić information content (AvgIpc) is 2.90. The van der Waals surface area contributed by atoms with E-state index < -0.39 is 33.4 Å². The van der Waals surface area contributed by atoms with Crippen LogP contribution in [0.5, 0.6) is 5.75 Å². The number of carbonyl (C=O) groups excluding carboxylic acids is 1. The Morgan fingerprint density at radius 1 is 1.37 bits per heavy atom. The summed E-state index contributed by atoms with van der Waals surface area (Å²) < 4.78 is 34.2. The van der Waals surface area contributed by atoms with Crippen LogP contribution in [0.2, 0.25) is 0 Å². The number of thiophene rings is 1. The molecule has 27 heavy (non-hydrogen) atoms. The third-order valence-corrected chi connectivity index (χ3v) is 6.88. The van der Waals surface area contributed by atoms with E-state index in [4.69, 9.17) is 20.5 Å². The first-order valence-corrected chi connectivity index (χ1v) is 11.3. The van der Waals surface area contributed by atoms with Crippen molar-refractivity contribution in [2.24, 2.45) is 0 Å². The third kappa shape index (κ3) is 5.05. The summed E-state index contributed by atoms with van der Waals surface area (Å²) in [6, 6.07) is -0.596. The van der Waals surface area contributed by atoms with Crippen molar-refractivity contribution in [2.45, 2.75) is 52.2 Å². The van der Waals surface area contributed by atoms with E-state index in [1.165, 1.54) is 4.90 Å². The number of carboxylic acid groups (broad SMARTS) is 1. The normalized spacial score (nSPS) is 17.8. The van der Waals surface area contributed by atoms with Gasteiger partial charge in [-0.3, -0.25) is 0 Å². The van der Waals surface area contributed by atoms with Crippen LogP contribution in [0.3, 0.4) is 0 Å². The number of piperidine rings is 1. The van der Waals surface area contributed by atoms with Crippen LogP contribution in [0.15, 0.2) is 0 Å². The number of ether oxygens (including phenoxy) is 1. The van der Waals surface area contributed by atoms with Gasteiger partial charge in [0.1, 0.15) is 4.88 Å². The fourth-order valence-corrected chi connectivity index (χ4v) is 4.85. The molecule has 0 aliphatic carbocycles. The summed E-state index contributed by atoms with van der Waals surface area (Å²) in [7, 11) is -4.08. The summed E-state index contributed by atoms with van der Waals surface area (Å²) in [5.41, 5.74) is 0.297. The molecule has 1 fully saturated rings. The van der Waals surface area contributed by atoms with Gasteiger partial charge in [-0.1, -0.05) is 0 Å². The zero-order valence-electron chi connectivity index (χ0n) is 15.2. The molecule has 1 amide bonds. The second-order valence-corrected chi connectivity index (χ2v) is 9.65. The van der Waals surface area contributed by atoms with E-state index in [0.717, 1.165) is 17.8 Å². The zero-order chi connectivity index (χ0) is 20.4. The second-order valence-electron chi connectivity index (χ2n) is 6.44. The van der Waals surface area contributed by atoms with E-state index in [2.05, 4.69) is 0 Å². The minimum atomic E-state index is -4.08. The number of hydrogen-bond donors (Lipinski definition) is 1. The van der Waals surface area contributed by atoms with Gasteiger partial charge in [-0.2, -0.15) is 8.42 Å². The van der Waals surface area contributed by atoms with Crippen LogP contribution in [0.4, 0.5) is 4.79 Å². The smallest absolute Gasteiger partial charge is 0.407 e. The minimum absolute atomic E-state index is 0.0329. The number of esters is 1. The van der Waals surface area contributed by atoms with Gasteiger partial charge in [0.05, 0.1) is 17.0 Å². The van der Waals surface area contributed by atoms with Gasteiger partial charge in [0.2, 0.25) is 0 Å². The SMILES string of the molecule is Cc1c(C(=O)OC(C)C)sc(C2CCCCN2C(=O)O)c1OS(=O)(=O)CCl. The molecule has 1 N–H and O–H groups in total. The van der Waals surface area contributed by atoms with Crippen molar-refractivity contribution in [3.8, 4) is 5.75 Å². The molecule has 11 heteroatoms. The molecule has 1 atom stereocenters. The van der Waals surface area contributed by atoms with Crippen molar-refractivity contribution in [1.82, 2.24) is 4.90 Å². The number of halogens is 1. The molecule has 0 bridgehead atoms. The van der Waals surface area contributed by atoms with Gasteiger partial charge in [-0.15, -0.1) is 22.9 Å². The second kappa shape index (κ2) is 8.66. The van der Waals surface area contributed by atoms with Crippen LogP contribution in [0.25, 0.3) is 0 Å². The fourth-order valence-electron chi connectivity index (χ4n) is 2.89. The van der Waals surface area contributed by atoms with Crippen LogP contribution in [0.1, 0.15) is 59.3 Å². The molecule has 1 unspecified atom stereocenters. The first-order valence-electron chi connectivity index (χ1n) is 8.39. The maximum Gasteiger partial charge on any atom is 0.407 e. The number of likely N-dealkylation sites (tertiary alicyclic amines) is 1. The number of alkyl halides is 1. The summed E-state index contributed by atoms with van der Waals surface area (Å²) in [6.07, 6.45) is 0.527.